The van der Waals surface area contributed by atoms with E-state index in [2.05, 4.69) is 5.32 Å². The van der Waals surface area contributed by atoms with Crippen LogP contribution in [0.1, 0.15) is 12.5 Å². The third kappa shape index (κ3) is 4.63. The molecule has 1 unspecified atom stereocenters. The van der Waals surface area contributed by atoms with Gasteiger partial charge in [0.1, 0.15) is 5.75 Å². The number of halogens is 1. The lowest BCUT2D eigenvalue weighted by atomic mass is 10.1. The molecule has 0 saturated carbocycles. The quantitative estimate of drug-likeness (QED) is 0.838. The smallest absolute Gasteiger partial charge is 0.224 e. The SMILES string of the molecule is COc1ccc(Cl)cc1CC(=O)NCC(C)O. The van der Waals surface area contributed by atoms with Gasteiger partial charge in [-0.05, 0) is 25.1 Å². The summed E-state index contributed by atoms with van der Waals surface area (Å²) in [5.41, 5.74) is 0.725. The van der Waals surface area contributed by atoms with Gasteiger partial charge in [-0.25, -0.2) is 0 Å². The predicted molar refractivity (Wildman–Crippen MR) is 66.4 cm³/mol. The van der Waals surface area contributed by atoms with Crippen LogP contribution in [0, 0.1) is 0 Å². The zero-order valence-electron chi connectivity index (χ0n) is 9.87. The van der Waals surface area contributed by atoms with E-state index in [1.54, 1.807) is 32.2 Å². The highest BCUT2D eigenvalue weighted by atomic mass is 35.5. The van der Waals surface area contributed by atoms with Crippen molar-refractivity contribution in [1.29, 1.82) is 0 Å². The average molecular weight is 258 g/mol. The van der Waals surface area contributed by atoms with E-state index in [9.17, 15) is 4.79 Å². The van der Waals surface area contributed by atoms with Crippen LogP contribution in [0.5, 0.6) is 5.75 Å². The molecule has 17 heavy (non-hydrogen) atoms. The van der Waals surface area contributed by atoms with Crippen LogP contribution in [0.4, 0.5) is 0 Å². The van der Waals surface area contributed by atoms with E-state index in [0.29, 0.717) is 10.8 Å². The molecule has 0 aromatic heterocycles. The van der Waals surface area contributed by atoms with E-state index in [1.165, 1.54) is 0 Å². The molecule has 0 heterocycles. The van der Waals surface area contributed by atoms with E-state index in [-0.39, 0.29) is 18.9 Å². The minimum Gasteiger partial charge on any atom is -0.496 e. The molecule has 1 amide bonds. The summed E-state index contributed by atoms with van der Waals surface area (Å²) in [4.78, 5) is 11.6. The standard InChI is InChI=1S/C12H16ClNO3/c1-8(15)7-14-12(16)6-9-5-10(13)3-4-11(9)17-2/h3-5,8,15H,6-7H2,1-2H3,(H,14,16). The first-order chi connectivity index (χ1) is 8.02. The van der Waals surface area contributed by atoms with Gasteiger partial charge >= 0.3 is 0 Å². The number of rotatable bonds is 5. The Bertz CT molecular complexity index is 393. The summed E-state index contributed by atoms with van der Waals surface area (Å²) in [6.07, 6.45) is -0.378. The number of carbonyl (C=O) groups is 1. The van der Waals surface area contributed by atoms with Crippen LogP contribution >= 0.6 is 11.6 Å². The third-order valence-corrected chi connectivity index (χ3v) is 2.42. The second-order valence-electron chi connectivity index (χ2n) is 3.79. The van der Waals surface area contributed by atoms with Crippen molar-refractivity contribution in [3.63, 3.8) is 0 Å². The van der Waals surface area contributed by atoms with Gasteiger partial charge in [-0.2, -0.15) is 0 Å². The Kier molecular flexibility index (Phi) is 5.25. The molecule has 2 N–H and O–H groups in total. The number of methoxy groups -OCH3 is 1. The summed E-state index contributed by atoms with van der Waals surface area (Å²) in [5, 5.41) is 12.2. The molecule has 1 rings (SSSR count). The molecule has 0 aliphatic carbocycles. The fraction of sp³-hybridized carbons (Fsp3) is 0.417. The third-order valence-electron chi connectivity index (χ3n) is 2.19. The van der Waals surface area contributed by atoms with Gasteiger partial charge in [-0.3, -0.25) is 4.79 Å². The van der Waals surface area contributed by atoms with Crippen LogP contribution in [0.3, 0.4) is 0 Å². The highest BCUT2D eigenvalue weighted by molar-refractivity contribution is 6.30. The Morgan fingerprint density at radius 3 is 2.88 bits per heavy atom. The lowest BCUT2D eigenvalue weighted by Crippen LogP contribution is -2.31. The first kappa shape index (κ1) is 13.8. The van der Waals surface area contributed by atoms with Gasteiger partial charge in [0.25, 0.3) is 0 Å². The number of benzene rings is 1. The molecule has 0 aliphatic rings. The minimum absolute atomic E-state index is 0.175. The van der Waals surface area contributed by atoms with Gasteiger partial charge < -0.3 is 15.2 Å². The summed E-state index contributed by atoms with van der Waals surface area (Å²) in [6, 6.07) is 5.12. The number of hydrogen-bond donors (Lipinski definition) is 2. The summed E-state index contributed by atoms with van der Waals surface area (Å²) < 4.78 is 5.14. The Morgan fingerprint density at radius 1 is 1.59 bits per heavy atom. The Balaban J connectivity index is 2.66. The molecule has 1 aromatic carbocycles. The molecule has 94 valence electrons. The number of aliphatic hydroxyl groups excluding tert-OH is 1. The molecule has 0 spiro atoms. The van der Waals surface area contributed by atoms with E-state index in [1.807, 2.05) is 0 Å². The summed E-state index contributed by atoms with van der Waals surface area (Å²) in [7, 11) is 1.54. The largest absolute Gasteiger partial charge is 0.496 e. The second-order valence-corrected chi connectivity index (χ2v) is 4.22. The van der Waals surface area contributed by atoms with Gasteiger partial charge in [0.15, 0.2) is 0 Å². The van der Waals surface area contributed by atoms with Crippen LogP contribution < -0.4 is 10.1 Å². The molecule has 0 saturated heterocycles. The van der Waals surface area contributed by atoms with Crippen LogP contribution in [-0.2, 0) is 11.2 Å². The van der Waals surface area contributed by atoms with Crippen molar-refractivity contribution in [1.82, 2.24) is 5.32 Å². The number of hydrogen-bond acceptors (Lipinski definition) is 3. The lowest BCUT2D eigenvalue weighted by Gasteiger charge is -2.10. The van der Waals surface area contributed by atoms with Crippen LogP contribution in [0.25, 0.3) is 0 Å². The number of aliphatic hydroxyl groups is 1. The Hall–Kier alpha value is -1.26. The number of nitrogens with one attached hydrogen (secondary N) is 1. The van der Waals surface area contributed by atoms with Crippen molar-refractivity contribution in [2.75, 3.05) is 13.7 Å². The molecular formula is C12H16ClNO3. The number of amides is 1. The van der Waals surface area contributed by atoms with Crippen molar-refractivity contribution in [3.8, 4) is 5.75 Å². The molecule has 0 bridgehead atoms. The van der Waals surface area contributed by atoms with Crippen molar-refractivity contribution >= 4 is 17.5 Å². The first-order valence-electron chi connectivity index (χ1n) is 5.30. The molecule has 1 aromatic rings. The molecule has 1 atom stereocenters. The van der Waals surface area contributed by atoms with Crippen molar-refractivity contribution in [2.24, 2.45) is 0 Å². The first-order valence-corrected chi connectivity index (χ1v) is 5.68. The Morgan fingerprint density at radius 2 is 2.29 bits per heavy atom. The average Bonchev–Trinajstić information content (AvgIpc) is 2.27. The highest BCUT2D eigenvalue weighted by Gasteiger charge is 2.09. The van der Waals surface area contributed by atoms with Gasteiger partial charge in [0.05, 0.1) is 19.6 Å². The monoisotopic (exact) mass is 257 g/mol. The van der Waals surface area contributed by atoms with E-state index in [0.717, 1.165) is 5.56 Å². The molecule has 0 fully saturated rings. The van der Waals surface area contributed by atoms with Crippen LogP contribution in [0.2, 0.25) is 5.02 Å². The zero-order chi connectivity index (χ0) is 12.8. The molecule has 0 aliphatic heterocycles. The predicted octanol–water partition coefficient (Wildman–Crippen LogP) is 1.39. The normalized spacial score (nSPS) is 12.0. The van der Waals surface area contributed by atoms with Gasteiger partial charge in [0.2, 0.25) is 5.91 Å². The van der Waals surface area contributed by atoms with Gasteiger partial charge in [-0.1, -0.05) is 11.6 Å². The van der Waals surface area contributed by atoms with Gasteiger partial charge in [0, 0.05) is 17.1 Å². The molecule has 0 radical (unpaired) electrons. The van der Waals surface area contributed by atoms with Gasteiger partial charge in [-0.15, -0.1) is 0 Å². The van der Waals surface area contributed by atoms with E-state index < -0.39 is 6.10 Å². The molecular weight excluding hydrogens is 242 g/mol. The van der Waals surface area contributed by atoms with Crippen LogP contribution in [0.15, 0.2) is 18.2 Å². The van der Waals surface area contributed by atoms with Crippen molar-refractivity contribution in [3.05, 3.63) is 28.8 Å². The maximum Gasteiger partial charge on any atom is 0.224 e. The molecule has 4 nitrogen and oxygen atoms in total. The topological polar surface area (TPSA) is 58.6 Å². The summed E-state index contributed by atoms with van der Waals surface area (Å²) in [6.45, 7) is 1.85. The van der Waals surface area contributed by atoms with E-state index in [4.69, 9.17) is 21.4 Å². The summed E-state index contributed by atoms with van der Waals surface area (Å²) in [5.74, 6) is 0.452. The minimum atomic E-state index is -0.555. The number of ether oxygens (including phenoxy) is 1. The zero-order valence-corrected chi connectivity index (χ0v) is 10.6. The Labute approximate surface area is 106 Å². The second kappa shape index (κ2) is 6.47. The van der Waals surface area contributed by atoms with Crippen molar-refractivity contribution in [2.45, 2.75) is 19.4 Å². The fourth-order valence-corrected chi connectivity index (χ4v) is 1.58. The molecule has 5 heteroatoms. The fourth-order valence-electron chi connectivity index (χ4n) is 1.38. The maximum absolute atomic E-state index is 11.6. The summed E-state index contributed by atoms with van der Waals surface area (Å²) >= 11 is 5.86. The van der Waals surface area contributed by atoms with Crippen LogP contribution in [-0.4, -0.2) is 30.8 Å². The lowest BCUT2D eigenvalue weighted by molar-refractivity contribution is -0.120. The van der Waals surface area contributed by atoms with E-state index >= 15 is 0 Å². The number of carbonyl (C=O) groups excluding carboxylic acids is 1. The van der Waals surface area contributed by atoms with Crippen molar-refractivity contribution < 1.29 is 14.6 Å². The highest BCUT2D eigenvalue weighted by Crippen LogP contribution is 2.22. The maximum atomic E-state index is 11.6.